The van der Waals surface area contributed by atoms with E-state index in [-0.39, 0.29) is 40.1 Å². The minimum Gasteiger partial charge on any atom is -0.382 e. The van der Waals surface area contributed by atoms with Crippen LogP contribution in [0.15, 0.2) is 47.4 Å². The maximum absolute atomic E-state index is 12.9. The number of piperidine rings is 2. The van der Waals surface area contributed by atoms with Crippen LogP contribution in [0.3, 0.4) is 0 Å². The molecule has 5 nitrogen and oxygen atoms in total. The van der Waals surface area contributed by atoms with Gasteiger partial charge < -0.3 is 20.4 Å². The Balaban J connectivity index is 1.11. The van der Waals surface area contributed by atoms with E-state index >= 15 is 0 Å². The maximum atomic E-state index is 12.9. The summed E-state index contributed by atoms with van der Waals surface area (Å²) in [7, 11) is 0. The highest BCUT2D eigenvalue weighted by molar-refractivity contribution is 8.04. The molecule has 2 N–H and O–H groups in total. The predicted octanol–water partition coefficient (Wildman–Crippen LogP) is 6.69. The van der Waals surface area contributed by atoms with Gasteiger partial charge in [-0.1, -0.05) is 51.1 Å². The first-order valence-corrected chi connectivity index (χ1v) is 15.5. The Hall–Kier alpha value is -1.97. The second-order valence-corrected chi connectivity index (χ2v) is 13.5. The molecule has 2 saturated heterocycles. The number of thioether (sulfide) groups is 1. The van der Waals surface area contributed by atoms with Gasteiger partial charge in [0.2, 0.25) is 5.91 Å². The number of rotatable bonds is 9. The van der Waals surface area contributed by atoms with Crippen LogP contribution in [0, 0.1) is 0 Å². The molecule has 2 fully saturated rings. The van der Waals surface area contributed by atoms with Crippen molar-refractivity contribution in [3.63, 3.8) is 0 Å². The fraction of sp³-hybridized carbons (Fsp3) is 0.645. The zero-order chi connectivity index (χ0) is 28.8. The Morgan fingerprint density at radius 1 is 1.02 bits per heavy atom. The van der Waals surface area contributed by atoms with Crippen molar-refractivity contribution in [2.75, 3.05) is 38.0 Å². The maximum Gasteiger partial charge on any atom is 0.446 e. The summed E-state index contributed by atoms with van der Waals surface area (Å²) in [5.74, 6) is 0.213. The van der Waals surface area contributed by atoms with E-state index in [0.29, 0.717) is 25.4 Å². The number of nitrogens with one attached hydrogen (secondary N) is 2. The number of allylic oxidation sites excluding steroid dienone is 1. The fourth-order valence-corrected chi connectivity index (χ4v) is 6.38. The molecule has 1 aromatic carbocycles. The highest BCUT2D eigenvalue weighted by Gasteiger charge is 2.31. The number of hydrogen-bond acceptors (Lipinski definition) is 5. The van der Waals surface area contributed by atoms with E-state index in [4.69, 9.17) is 0 Å². The van der Waals surface area contributed by atoms with Crippen molar-refractivity contribution in [3.8, 4) is 0 Å². The van der Waals surface area contributed by atoms with Crippen molar-refractivity contribution in [1.82, 2.24) is 15.1 Å². The average molecular weight is 579 g/mol. The van der Waals surface area contributed by atoms with E-state index in [1.54, 1.807) is 12.2 Å². The first kappa shape index (κ1) is 31.0. The Kier molecular flexibility index (Phi) is 10.7. The van der Waals surface area contributed by atoms with E-state index in [1.165, 1.54) is 11.3 Å². The van der Waals surface area contributed by atoms with Crippen LogP contribution in [-0.2, 0) is 10.2 Å². The largest absolute Gasteiger partial charge is 0.446 e. The third-order valence-electron chi connectivity index (χ3n) is 8.10. The Bertz CT molecular complexity index is 1030. The van der Waals surface area contributed by atoms with Gasteiger partial charge in [-0.3, -0.25) is 4.79 Å². The monoisotopic (exact) mass is 578 g/mol. The first-order valence-electron chi connectivity index (χ1n) is 14.7. The number of hydrogen-bond donors (Lipinski definition) is 2. The number of carbonyl (C=O) groups is 1. The highest BCUT2D eigenvalue weighted by Crippen LogP contribution is 2.38. The van der Waals surface area contributed by atoms with Crippen LogP contribution in [0.5, 0.6) is 0 Å². The van der Waals surface area contributed by atoms with Crippen LogP contribution >= 0.6 is 11.8 Å². The molecule has 0 bridgehead atoms. The SMILES string of the molecule is CC(C)(C)c1ccc(NC2CCN(CCCC(=O)N3CCCC(NC4C=CC(SC(F)(F)F)=CC4)C3)CC2)cc1. The van der Waals surface area contributed by atoms with Gasteiger partial charge in [-0.2, -0.15) is 13.2 Å². The summed E-state index contributed by atoms with van der Waals surface area (Å²) in [5.41, 5.74) is -1.56. The van der Waals surface area contributed by atoms with Gasteiger partial charge in [0.15, 0.2) is 0 Å². The molecule has 2 atom stereocenters. The molecule has 2 heterocycles. The number of halogens is 3. The van der Waals surface area contributed by atoms with E-state index in [0.717, 1.165) is 58.3 Å². The van der Waals surface area contributed by atoms with E-state index in [9.17, 15) is 18.0 Å². The number of nitrogens with zero attached hydrogens (tertiary/aromatic N) is 2. The smallest absolute Gasteiger partial charge is 0.382 e. The molecule has 0 spiro atoms. The van der Waals surface area contributed by atoms with Gasteiger partial charge in [0.1, 0.15) is 0 Å². The molecule has 1 aliphatic carbocycles. The van der Waals surface area contributed by atoms with Crippen LogP contribution in [0.1, 0.15) is 71.3 Å². The average Bonchev–Trinajstić information content (AvgIpc) is 2.90. The topological polar surface area (TPSA) is 47.6 Å². The van der Waals surface area contributed by atoms with Crippen LogP contribution < -0.4 is 10.6 Å². The van der Waals surface area contributed by atoms with Crippen molar-refractivity contribution >= 4 is 23.4 Å². The lowest BCUT2D eigenvalue weighted by molar-refractivity contribution is -0.132. The molecule has 3 aliphatic rings. The van der Waals surface area contributed by atoms with Gasteiger partial charge >= 0.3 is 5.51 Å². The van der Waals surface area contributed by atoms with Crippen LogP contribution in [0.4, 0.5) is 18.9 Å². The van der Waals surface area contributed by atoms with E-state index in [1.807, 2.05) is 11.0 Å². The van der Waals surface area contributed by atoms with Gasteiger partial charge in [-0.05, 0) is 79.9 Å². The molecule has 40 heavy (non-hydrogen) atoms. The van der Waals surface area contributed by atoms with Gasteiger partial charge in [0, 0.05) is 61.3 Å². The molecule has 222 valence electrons. The van der Waals surface area contributed by atoms with Gasteiger partial charge in [-0.25, -0.2) is 0 Å². The molecule has 9 heteroatoms. The lowest BCUT2D eigenvalue weighted by atomic mass is 9.87. The number of alkyl halides is 3. The second kappa shape index (κ2) is 13.8. The molecule has 0 saturated carbocycles. The van der Waals surface area contributed by atoms with Crippen molar-refractivity contribution < 1.29 is 18.0 Å². The zero-order valence-electron chi connectivity index (χ0n) is 24.1. The summed E-state index contributed by atoms with van der Waals surface area (Å²) in [6.45, 7) is 11.2. The molecule has 1 aromatic rings. The number of amides is 1. The molecule has 2 unspecified atom stereocenters. The van der Waals surface area contributed by atoms with Crippen LogP contribution in [0.25, 0.3) is 0 Å². The Morgan fingerprint density at radius 2 is 1.75 bits per heavy atom. The molecule has 1 amide bonds. The highest BCUT2D eigenvalue weighted by atomic mass is 32.2. The lowest BCUT2D eigenvalue weighted by Crippen LogP contribution is -2.50. The number of carbonyl (C=O) groups excluding carboxylic acids is 1. The second-order valence-electron chi connectivity index (χ2n) is 12.4. The number of anilines is 1. The summed E-state index contributed by atoms with van der Waals surface area (Å²) < 4.78 is 37.7. The fourth-order valence-electron chi connectivity index (χ4n) is 5.79. The van der Waals surface area contributed by atoms with Crippen molar-refractivity contribution in [1.29, 1.82) is 0 Å². The van der Waals surface area contributed by atoms with Crippen molar-refractivity contribution in [3.05, 3.63) is 53.0 Å². The molecule has 2 aliphatic heterocycles. The first-order chi connectivity index (χ1) is 18.9. The molecule has 4 rings (SSSR count). The van der Waals surface area contributed by atoms with Gasteiger partial charge in [0.05, 0.1) is 0 Å². The number of benzene rings is 1. The number of likely N-dealkylation sites (tertiary alicyclic amines) is 2. The summed E-state index contributed by atoms with van der Waals surface area (Å²) in [5, 5.41) is 7.23. The minimum atomic E-state index is -4.26. The Labute approximate surface area is 242 Å². The normalized spacial score (nSPS) is 23.2. The molecular formula is C31H45F3N4OS. The van der Waals surface area contributed by atoms with Crippen molar-refractivity contribution in [2.45, 2.75) is 94.8 Å². The van der Waals surface area contributed by atoms with Gasteiger partial charge in [0.25, 0.3) is 0 Å². The summed E-state index contributed by atoms with van der Waals surface area (Å²) in [4.78, 5) is 17.6. The van der Waals surface area contributed by atoms with E-state index in [2.05, 4.69) is 60.6 Å². The van der Waals surface area contributed by atoms with Crippen LogP contribution in [0.2, 0.25) is 0 Å². The third-order valence-corrected chi connectivity index (χ3v) is 8.87. The summed E-state index contributed by atoms with van der Waals surface area (Å²) in [6, 6.07) is 9.49. The molecular weight excluding hydrogens is 533 g/mol. The van der Waals surface area contributed by atoms with E-state index < -0.39 is 5.51 Å². The van der Waals surface area contributed by atoms with Crippen LogP contribution in [-0.4, -0.2) is 72.1 Å². The summed E-state index contributed by atoms with van der Waals surface area (Å²) >= 11 is -0.0640. The summed E-state index contributed by atoms with van der Waals surface area (Å²) in [6.07, 6.45) is 11.1. The zero-order valence-corrected chi connectivity index (χ0v) is 24.9. The molecule has 0 radical (unpaired) electrons. The van der Waals surface area contributed by atoms with Crippen molar-refractivity contribution in [2.24, 2.45) is 0 Å². The lowest BCUT2D eigenvalue weighted by Gasteiger charge is -2.36. The molecule has 0 aromatic heterocycles. The standard InChI is InChI=1S/C31H45F3N4OS/c1-30(2,3)23-8-10-24(11-9-23)35-26-16-20-37(21-17-26)18-5-7-29(39)38-19-4-6-27(22-38)36-25-12-14-28(15-13-25)40-31(32,33)34/h8-12,14-15,25-27,35-36H,4-7,13,16-22H2,1-3H3. The van der Waals surface area contributed by atoms with Gasteiger partial charge in [-0.15, -0.1) is 0 Å². The predicted molar refractivity (Wildman–Crippen MR) is 159 cm³/mol. The third kappa shape index (κ3) is 9.84. The quantitative estimate of drug-likeness (QED) is 0.342. The minimum absolute atomic E-state index is 0.0119. The Morgan fingerprint density at radius 3 is 2.38 bits per heavy atom.